The van der Waals surface area contributed by atoms with Gasteiger partial charge in [-0.1, -0.05) is 49.6 Å². The van der Waals surface area contributed by atoms with Crippen LogP contribution in [0.25, 0.3) is 11.4 Å². The average molecular weight is 382 g/mol. The number of benzene rings is 1. The molecule has 5 heteroatoms. The molecule has 2 aromatic rings. The number of hydrogen-bond donors (Lipinski definition) is 3. The van der Waals surface area contributed by atoms with Crippen molar-refractivity contribution < 1.29 is 10.2 Å². The molecule has 0 amide bonds. The van der Waals surface area contributed by atoms with E-state index in [0.29, 0.717) is 12.5 Å². The summed E-state index contributed by atoms with van der Waals surface area (Å²) in [4.78, 5) is 9.20. The monoisotopic (exact) mass is 381 g/mol. The van der Waals surface area contributed by atoms with Gasteiger partial charge in [-0.3, -0.25) is 0 Å². The first-order valence-electron chi connectivity index (χ1n) is 10.7. The Kier molecular flexibility index (Phi) is 6.35. The van der Waals surface area contributed by atoms with E-state index in [2.05, 4.69) is 10.3 Å². The van der Waals surface area contributed by atoms with E-state index in [4.69, 9.17) is 4.98 Å². The zero-order valence-electron chi connectivity index (χ0n) is 16.4. The van der Waals surface area contributed by atoms with Crippen LogP contribution in [-0.2, 0) is 6.42 Å². The van der Waals surface area contributed by atoms with E-state index >= 15 is 0 Å². The second kappa shape index (κ2) is 9.12. The maximum atomic E-state index is 10.5. The van der Waals surface area contributed by atoms with Gasteiger partial charge in [0.25, 0.3) is 0 Å². The third-order valence-electron chi connectivity index (χ3n) is 6.51. The fourth-order valence-corrected chi connectivity index (χ4v) is 4.99. The molecule has 2 saturated carbocycles. The van der Waals surface area contributed by atoms with Crippen LogP contribution in [0.4, 0.5) is 0 Å². The standard InChI is InChI=1S/C23H31N3O2/c27-15-20-19(21(14-22(20)28)25-17-9-5-2-6-10-17)13-18-11-12-24-23(26-18)16-7-3-1-4-8-16/h1,3-4,7-8,11-12,17,19-22,25,27-28H,2,5-6,9-10,13-15H2. The first kappa shape index (κ1) is 19.5. The van der Waals surface area contributed by atoms with Gasteiger partial charge >= 0.3 is 0 Å². The molecule has 28 heavy (non-hydrogen) atoms. The molecular weight excluding hydrogens is 350 g/mol. The van der Waals surface area contributed by atoms with Gasteiger partial charge < -0.3 is 15.5 Å². The highest BCUT2D eigenvalue weighted by Gasteiger charge is 2.42. The van der Waals surface area contributed by atoms with Crippen LogP contribution < -0.4 is 5.32 Å². The van der Waals surface area contributed by atoms with Crippen molar-refractivity contribution in [3.05, 3.63) is 48.3 Å². The van der Waals surface area contributed by atoms with E-state index in [1.165, 1.54) is 32.1 Å². The van der Waals surface area contributed by atoms with Crippen LogP contribution in [0.2, 0.25) is 0 Å². The summed E-state index contributed by atoms with van der Waals surface area (Å²) in [5.41, 5.74) is 1.98. The summed E-state index contributed by atoms with van der Waals surface area (Å²) in [5.74, 6) is 0.811. The molecule has 150 valence electrons. The molecule has 1 aromatic carbocycles. The lowest BCUT2D eigenvalue weighted by atomic mass is 9.87. The summed E-state index contributed by atoms with van der Waals surface area (Å²) >= 11 is 0. The largest absolute Gasteiger partial charge is 0.396 e. The Morgan fingerprint density at radius 1 is 1.00 bits per heavy atom. The molecule has 4 rings (SSSR count). The topological polar surface area (TPSA) is 78.3 Å². The average Bonchev–Trinajstić information content (AvgIpc) is 3.03. The van der Waals surface area contributed by atoms with Gasteiger partial charge in [0.15, 0.2) is 5.82 Å². The van der Waals surface area contributed by atoms with Gasteiger partial charge in [0.05, 0.1) is 6.10 Å². The summed E-state index contributed by atoms with van der Waals surface area (Å²) in [6.07, 6.45) is 9.15. The fraction of sp³-hybridized carbons (Fsp3) is 0.565. The molecule has 5 nitrogen and oxygen atoms in total. The summed E-state index contributed by atoms with van der Waals surface area (Å²) in [6, 6.07) is 12.7. The summed E-state index contributed by atoms with van der Waals surface area (Å²) in [6.45, 7) is 0.0192. The number of nitrogens with one attached hydrogen (secondary N) is 1. The van der Waals surface area contributed by atoms with Crippen molar-refractivity contribution in [2.45, 2.75) is 63.1 Å². The normalized spacial score (nSPS) is 28.5. The third kappa shape index (κ3) is 4.43. The van der Waals surface area contributed by atoms with Crippen LogP contribution in [0.1, 0.15) is 44.2 Å². The Bertz CT molecular complexity index is 749. The number of aliphatic hydroxyl groups excluding tert-OH is 2. The Morgan fingerprint density at radius 2 is 1.79 bits per heavy atom. The van der Waals surface area contributed by atoms with Crippen molar-refractivity contribution in [1.82, 2.24) is 15.3 Å². The van der Waals surface area contributed by atoms with Crippen LogP contribution in [0, 0.1) is 11.8 Å². The Labute approximate surface area is 167 Å². The van der Waals surface area contributed by atoms with Crippen molar-refractivity contribution in [3.8, 4) is 11.4 Å². The minimum absolute atomic E-state index is 0.0192. The third-order valence-corrected chi connectivity index (χ3v) is 6.51. The van der Waals surface area contributed by atoms with Crippen molar-refractivity contribution >= 4 is 0 Å². The molecule has 4 unspecified atom stereocenters. The molecule has 0 radical (unpaired) electrons. The van der Waals surface area contributed by atoms with Crippen LogP contribution in [0.3, 0.4) is 0 Å². The highest BCUT2D eigenvalue weighted by molar-refractivity contribution is 5.54. The molecule has 2 aliphatic rings. The maximum absolute atomic E-state index is 10.5. The zero-order chi connectivity index (χ0) is 19.3. The van der Waals surface area contributed by atoms with Gasteiger partial charge in [0.1, 0.15) is 0 Å². The van der Waals surface area contributed by atoms with E-state index in [1.807, 2.05) is 42.6 Å². The van der Waals surface area contributed by atoms with Crippen LogP contribution in [0.15, 0.2) is 42.6 Å². The van der Waals surface area contributed by atoms with Crippen LogP contribution >= 0.6 is 0 Å². The lowest BCUT2D eigenvalue weighted by Gasteiger charge is -2.31. The lowest BCUT2D eigenvalue weighted by Crippen LogP contribution is -2.43. The molecule has 1 heterocycles. The Balaban J connectivity index is 1.51. The first-order chi connectivity index (χ1) is 13.7. The van der Waals surface area contributed by atoms with Crippen molar-refractivity contribution in [2.75, 3.05) is 6.61 Å². The van der Waals surface area contributed by atoms with E-state index in [-0.39, 0.29) is 24.5 Å². The van der Waals surface area contributed by atoms with Crippen molar-refractivity contribution in [1.29, 1.82) is 0 Å². The molecule has 0 aliphatic heterocycles. The van der Waals surface area contributed by atoms with E-state index in [9.17, 15) is 10.2 Å². The molecule has 4 atom stereocenters. The van der Waals surface area contributed by atoms with E-state index in [1.54, 1.807) is 0 Å². The molecule has 2 aliphatic carbocycles. The summed E-state index contributed by atoms with van der Waals surface area (Å²) < 4.78 is 0. The first-order valence-corrected chi connectivity index (χ1v) is 10.7. The van der Waals surface area contributed by atoms with Crippen molar-refractivity contribution in [3.63, 3.8) is 0 Å². The molecule has 0 spiro atoms. The second-order valence-corrected chi connectivity index (χ2v) is 8.36. The minimum Gasteiger partial charge on any atom is -0.396 e. The van der Waals surface area contributed by atoms with Crippen LogP contribution in [0.5, 0.6) is 0 Å². The fourth-order valence-electron chi connectivity index (χ4n) is 4.99. The minimum atomic E-state index is -0.452. The quantitative estimate of drug-likeness (QED) is 0.717. The van der Waals surface area contributed by atoms with E-state index in [0.717, 1.165) is 23.5 Å². The van der Waals surface area contributed by atoms with E-state index < -0.39 is 6.10 Å². The highest BCUT2D eigenvalue weighted by Crippen LogP contribution is 2.36. The molecule has 1 aromatic heterocycles. The van der Waals surface area contributed by atoms with Crippen LogP contribution in [-0.4, -0.2) is 45.0 Å². The van der Waals surface area contributed by atoms with Crippen molar-refractivity contribution in [2.24, 2.45) is 11.8 Å². The summed E-state index contributed by atoms with van der Waals surface area (Å²) in [7, 11) is 0. The van der Waals surface area contributed by atoms with Gasteiger partial charge in [-0.15, -0.1) is 0 Å². The maximum Gasteiger partial charge on any atom is 0.159 e. The lowest BCUT2D eigenvalue weighted by molar-refractivity contribution is 0.0715. The molecular formula is C23H31N3O2. The Morgan fingerprint density at radius 3 is 2.54 bits per heavy atom. The SMILES string of the molecule is OCC1C(O)CC(NC2CCCCC2)C1Cc1ccnc(-c2ccccc2)n1. The molecule has 0 bridgehead atoms. The van der Waals surface area contributed by atoms with Gasteiger partial charge in [-0.05, 0) is 37.7 Å². The predicted octanol–water partition coefficient (Wildman–Crippen LogP) is 2.97. The number of hydrogen-bond acceptors (Lipinski definition) is 5. The number of nitrogens with zero attached hydrogens (tertiary/aromatic N) is 2. The molecule has 3 N–H and O–H groups in total. The van der Waals surface area contributed by atoms with Gasteiger partial charge in [-0.2, -0.15) is 0 Å². The second-order valence-electron chi connectivity index (χ2n) is 8.36. The van der Waals surface area contributed by atoms with Gasteiger partial charge in [-0.25, -0.2) is 9.97 Å². The molecule has 2 fully saturated rings. The number of aliphatic hydroxyl groups is 2. The molecule has 0 saturated heterocycles. The predicted molar refractivity (Wildman–Crippen MR) is 110 cm³/mol. The zero-order valence-corrected chi connectivity index (χ0v) is 16.4. The van der Waals surface area contributed by atoms with Gasteiger partial charge in [0, 0.05) is 42.1 Å². The summed E-state index contributed by atoms with van der Waals surface area (Å²) in [5, 5.41) is 24.3. The van der Waals surface area contributed by atoms with Gasteiger partial charge in [0.2, 0.25) is 0 Å². The number of rotatable bonds is 6. The number of aromatic nitrogens is 2. The Hall–Kier alpha value is -1.82. The smallest absolute Gasteiger partial charge is 0.159 e. The highest BCUT2D eigenvalue weighted by atomic mass is 16.3.